The van der Waals surface area contributed by atoms with Gasteiger partial charge in [-0.25, -0.2) is 4.79 Å². The Bertz CT molecular complexity index is 837. The molecule has 4 nitrogen and oxygen atoms in total. The van der Waals surface area contributed by atoms with Crippen LogP contribution in [0.25, 0.3) is 0 Å². The summed E-state index contributed by atoms with van der Waals surface area (Å²) in [6.07, 6.45) is 2.51. The molecule has 1 fully saturated rings. The van der Waals surface area contributed by atoms with Crippen molar-refractivity contribution in [2.45, 2.75) is 59.2 Å². The zero-order chi connectivity index (χ0) is 20.9. The minimum absolute atomic E-state index is 0.281. The Morgan fingerprint density at radius 3 is 2.61 bits per heavy atom. The molecule has 1 saturated carbocycles. The monoisotopic (exact) mass is 452 g/mol. The van der Waals surface area contributed by atoms with E-state index in [4.69, 9.17) is 9.47 Å². The number of carbonyl (C=O) groups excluding carboxylic acids is 2. The number of esters is 2. The predicted molar refractivity (Wildman–Crippen MR) is 107 cm³/mol. The molecule has 0 heterocycles. The third-order valence-corrected chi connectivity index (χ3v) is 6.24. The molecule has 28 heavy (non-hydrogen) atoms. The summed E-state index contributed by atoms with van der Waals surface area (Å²) in [5, 5.41) is 0. The van der Waals surface area contributed by atoms with E-state index in [1.807, 2.05) is 32.0 Å². The molecule has 0 spiro atoms. The van der Waals surface area contributed by atoms with Crippen LogP contribution in [0, 0.1) is 17.3 Å². The van der Waals surface area contributed by atoms with Crippen molar-refractivity contribution in [2.24, 2.45) is 17.3 Å². The van der Waals surface area contributed by atoms with Gasteiger partial charge in [-0.3, -0.25) is 4.79 Å². The van der Waals surface area contributed by atoms with E-state index in [1.54, 1.807) is 20.8 Å². The zero-order valence-electron chi connectivity index (χ0n) is 16.8. The Labute approximate surface area is 173 Å². The molecule has 0 amide bonds. The van der Waals surface area contributed by atoms with Gasteiger partial charge < -0.3 is 9.47 Å². The molecule has 1 aromatic carbocycles. The maximum Gasteiger partial charge on any atom is 0.367 e. The van der Waals surface area contributed by atoms with Gasteiger partial charge in [-0.15, -0.1) is 0 Å². The molecule has 2 aliphatic carbocycles. The van der Waals surface area contributed by atoms with Crippen LogP contribution in [0.5, 0.6) is 0 Å². The van der Waals surface area contributed by atoms with E-state index in [-0.39, 0.29) is 12.1 Å². The first-order valence-electron chi connectivity index (χ1n) is 9.50. The number of hydrogen-bond donors (Lipinski definition) is 0. The highest BCUT2D eigenvalue weighted by Crippen LogP contribution is 2.60. The lowest BCUT2D eigenvalue weighted by atomic mass is 10.1. The Morgan fingerprint density at radius 2 is 1.96 bits per heavy atom. The second-order valence-electron chi connectivity index (χ2n) is 9.11. The predicted octanol–water partition coefficient (Wildman–Crippen LogP) is 5.45. The van der Waals surface area contributed by atoms with Crippen molar-refractivity contribution >= 4 is 27.9 Å². The first-order valence-corrected chi connectivity index (χ1v) is 10.3. The van der Waals surface area contributed by atoms with Crippen molar-refractivity contribution in [1.29, 1.82) is 0 Å². The van der Waals surface area contributed by atoms with Gasteiger partial charge in [-0.05, 0) is 68.2 Å². The lowest BCUT2D eigenvalue weighted by Gasteiger charge is -2.18. The van der Waals surface area contributed by atoms with Gasteiger partial charge in [0.15, 0.2) is 0 Å². The topological polar surface area (TPSA) is 52.6 Å². The van der Waals surface area contributed by atoms with Crippen LogP contribution in [-0.2, 0) is 25.5 Å². The molecule has 0 aromatic heterocycles. The fourth-order valence-corrected chi connectivity index (χ4v) is 4.48. The Hall–Kier alpha value is -1.69. The largest absolute Gasteiger partial charge is 0.457 e. The average Bonchev–Trinajstić information content (AvgIpc) is 2.89. The van der Waals surface area contributed by atoms with E-state index in [0.29, 0.717) is 0 Å². The van der Waals surface area contributed by atoms with Crippen LogP contribution in [0.4, 0.5) is 4.39 Å². The van der Waals surface area contributed by atoms with Crippen LogP contribution in [-0.4, -0.2) is 17.5 Å². The number of fused-ring (bicyclic) bond motifs is 1. The molecule has 0 saturated heterocycles. The van der Waals surface area contributed by atoms with Crippen molar-refractivity contribution in [3.8, 4) is 0 Å². The molecular weight excluding hydrogens is 427 g/mol. The smallest absolute Gasteiger partial charge is 0.367 e. The van der Waals surface area contributed by atoms with E-state index in [1.165, 1.54) is 11.6 Å². The summed E-state index contributed by atoms with van der Waals surface area (Å²) >= 11 is 3.54. The van der Waals surface area contributed by atoms with Crippen LogP contribution in [0.15, 0.2) is 34.6 Å². The van der Waals surface area contributed by atoms with E-state index in [2.05, 4.69) is 15.9 Å². The summed E-state index contributed by atoms with van der Waals surface area (Å²) in [4.78, 5) is 24.6. The molecular formula is C22H26BrFO4. The lowest BCUT2D eigenvalue weighted by Crippen LogP contribution is -2.24. The van der Waals surface area contributed by atoms with Gasteiger partial charge in [0.2, 0.25) is 5.83 Å². The number of ether oxygens (including phenoxy) is 2. The highest BCUT2D eigenvalue weighted by molar-refractivity contribution is 9.10. The molecule has 3 atom stereocenters. The SMILES string of the molecule is CC(C)(C)OC(=O)C(F)=C[C@H]1[C@@H](C(=O)OC2CCc3c(Br)cccc32)C1(C)C. The van der Waals surface area contributed by atoms with Crippen LogP contribution >= 0.6 is 15.9 Å². The number of rotatable bonds is 4. The lowest BCUT2D eigenvalue weighted by molar-refractivity contribution is -0.153. The van der Waals surface area contributed by atoms with Gasteiger partial charge in [0.05, 0.1) is 5.92 Å². The number of carbonyl (C=O) groups is 2. The maximum absolute atomic E-state index is 14.3. The molecule has 1 unspecified atom stereocenters. The van der Waals surface area contributed by atoms with Crippen LogP contribution < -0.4 is 0 Å². The second-order valence-corrected chi connectivity index (χ2v) is 9.97. The van der Waals surface area contributed by atoms with E-state index in [0.717, 1.165) is 22.9 Å². The van der Waals surface area contributed by atoms with Crippen LogP contribution in [0.1, 0.15) is 58.3 Å². The summed E-state index contributed by atoms with van der Waals surface area (Å²) in [7, 11) is 0. The van der Waals surface area contributed by atoms with E-state index < -0.39 is 34.6 Å². The third-order valence-electron chi connectivity index (χ3n) is 5.50. The van der Waals surface area contributed by atoms with Gasteiger partial charge in [0.25, 0.3) is 0 Å². The van der Waals surface area contributed by atoms with E-state index >= 15 is 0 Å². The number of hydrogen-bond acceptors (Lipinski definition) is 4. The highest BCUT2D eigenvalue weighted by Gasteiger charge is 2.62. The van der Waals surface area contributed by atoms with Gasteiger partial charge >= 0.3 is 11.9 Å². The summed E-state index contributed by atoms with van der Waals surface area (Å²) in [6, 6.07) is 5.88. The number of allylic oxidation sites excluding steroid dienone is 1. The number of halogens is 2. The molecule has 1 aromatic rings. The molecule has 0 radical (unpaired) electrons. The summed E-state index contributed by atoms with van der Waals surface area (Å²) in [6.45, 7) is 8.79. The summed E-state index contributed by atoms with van der Waals surface area (Å²) in [5.74, 6) is -3.18. The molecule has 2 aliphatic rings. The Kier molecular flexibility index (Phi) is 5.47. The van der Waals surface area contributed by atoms with Crippen molar-refractivity contribution in [1.82, 2.24) is 0 Å². The molecule has 0 bridgehead atoms. The highest BCUT2D eigenvalue weighted by atomic mass is 79.9. The molecule has 0 aliphatic heterocycles. The molecule has 152 valence electrons. The van der Waals surface area contributed by atoms with Crippen LogP contribution in [0.3, 0.4) is 0 Å². The minimum Gasteiger partial charge on any atom is -0.457 e. The Morgan fingerprint density at radius 1 is 1.29 bits per heavy atom. The minimum atomic E-state index is -1.00. The maximum atomic E-state index is 14.3. The van der Waals surface area contributed by atoms with Gasteiger partial charge in [-0.1, -0.05) is 41.9 Å². The Balaban J connectivity index is 1.68. The first kappa shape index (κ1) is 21.0. The molecule has 6 heteroatoms. The first-order chi connectivity index (χ1) is 12.9. The standard InChI is InChI=1S/C22H26BrFO4/c1-21(2,3)28-19(25)16(24)11-14-18(22(14,4)5)20(26)27-17-10-9-12-13(17)7-6-8-15(12)23/h6-8,11,14,17-18H,9-10H2,1-5H3/t14-,17?,18-/m0/s1. The summed E-state index contributed by atoms with van der Waals surface area (Å²) < 4.78 is 26.1. The van der Waals surface area contributed by atoms with E-state index in [9.17, 15) is 14.0 Å². The van der Waals surface area contributed by atoms with Gasteiger partial charge in [0.1, 0.15) is 11.7 Å². The van der Waals surface area contributed by atoms with Gasteiger partial charge in [0, 0.05) is 4.47 Å². The third kappa shape index (κ3) is 4.17. The van der Waals surface area contributed by atoms with Crippen molar-refractivity contribution in [3.63, 3.8) is 0 Å². The van der Waals surface area contributed by atoms with Crippen molar-refractivity contribution in [3.05, 3.63) is 45.7 Å². The van der Waals surface area contributed by atoms with Crippen molar-refractivity contribution in [2.75, 3.05) is 0 Å². The fourth-order valence-electron chi connectivity index (χ4n) is 3.90. The fraction of sp³-hybridized carbons (Fsp3) is 0.545. The second kappa shape index (κ2) is 7.29. The van der Waals surface area contributed by atoms with Gasteiger partial charge in [-0.2, -0.15) is 4.39 Å². The number of benzene rings is 1. The normalized spacial score (nSPS) is 25.8. The zero-order valence-corrected chi connectivity index (χ0v) is 18.4. The molecule has 0 N–H and O–H groups in total. The average molecular weight is 453 g/mol. The van der Waals surface area contributed by atoms with Crippen LogP contribution in [0.2, 0.25) is 0 Å². The van der Waals surface area contributed by atoms with Crippen molar-refractivity contribution < 1.29 is 23.5 Å². The quantitative estimate of drug-likeness (QED) is 0.450. The molecule has 3 rings (SSSR count). The summed E-state index contributed by atoms with van der Waals surface area (Å²) in [5.41, 5.74) is 0.954.